The second kappa shape index (κ2) is 11.3. The SMILES string of the molecule is CCNC(=NCc1ccc(N2CCC(O)CC2)c(F)c1)NCc1ccco1.I. The van der Waals surface area contributed by atoms with Gasteiger partial charge >= 0.3 is 0 Å². The van der Waals surface area contributed by atoms with Crippen LogP contribution in [-0.2, 0) is 13.1 Å². The molecule has 1 aromatic heterocycles. The third-order valence-electron chi connectivity index (χ3n) is 4.59. The summed E-state index contributed by atoms with van der Waals surface area (Å²) in [7, 11) is 0. The van der Waals surface area contributed by atoms with Crippen LogP contribution in [0.5, 0.6) is 0 Å². The van der Waals surface area contributed by atoms with Crippen LogP contribution < -0.4 is 15.5 Å². The summed E-state index contributed by atoms with van der Waals surface area (Å²) >= 11 is 0. The molecule has 1 fully saturated rings. The molecule has 0 saturated carbocycles. The lowest BCUT2D eigenvalue weighted by atomic mass is 10.1. The lowest BCUT2D eigenvalue weighted by Crippen LogP contribution is -2.36. The zero-order chi connectivity index (χ0) is 19.1. The van der Waals surface area contributed by atoms with Crippen molar-refractivity contribution in [2.24, 2.45) is 4.99 Å². The predicted molar refractivity (Wildman–Crippen MR) is 120 cm³/mol. The summed E-state index contributed by atoms with van der Waals surface area (Å²) in [5, 5.41) is 16.0. The number of furan rings is 1. The molecule has 154 valence electrons. The monoisotopic (exact) mass is 502 g/mol. The molecule has 3 N–H and O–H groups in total. The summed E-state index contributed by atoms with van der Waals surface area (Å²) in [6.07, 6.45) is 2.72. The van der Waals surface area contributed by atoms with E-state index < -0.39 is 0 Å². The summed E-state index contributed by atoms with van der Waals surface area (Å²) in [5.74, 6) is 1.23. The molecule has 0 radical (unpaired) electrons. The quantitative estimate of drug-likeness (QED) is 0.322. The Morgan fingerprint density at radius 3 is 2.71 bits per heavy atom. The second-order valence-electron chi connectivity index (χ2n) is 6.63. The first-order valence-electron chi connectivity index (χ1n) is 9.41. The van der Waals surface area contributed by atoms with Crippen molar-refractivity contribution in [1.29, 1.82) is 0 Å². The third-order valence-corrected chi connectivity index (χ3v) is 4.59. The molecule has 2 aromatic rings. The van der Waals surface area contributed by atoms with Crippen LogP contribution in [0.4, 0.5) is 10.1 Å². The van der Waals surface area contributed by atoms with Gasteiger partial charge in [0.1, 0.15) is 11.6 Å². The van der Waals surface area contributed by atoms with Crippen LogP contribution >= 0.6 is 24.0 Å². The van der Waals surface area contributed by atoms with Crippen molar-refractivity contribution in [3.05, 3.63) is 53.7 Å². The minimum absolute atomic E-state index is 0. The number of nitrogens with zero attached hydrogens (tertiary/aromatic N) is 2. The number of aliphatic hydroxyl groups excluding tert-OH is 1. The van der Waals surface area contributed by atoms with Crippen molar-refractivity contribution in [2.75, 3.05) is 24.5 Å². The molecule has 2 heterocycles. The van der Waals surface area contributed by atoms with Gasteiger partial charge in [-0.1, -0.05) is 6.07 Å². The molecular weight excluding hydrogens is 474 g/mol. The van der Waals surface area contributed by atoms with Crippen LogP contribution in [0.25, 0.3) is 0 Å². The van der Waals surface area contributed by atoms with Gasteiger partial charge in [-0.15, -0.1) is 24.0 Å². The van der Waals surface area contributed by atoms with Gasteiger partial charge in [-0.3, -0.25) is 0 Å². The highest BCUT2D eigenvalue weighted by atomic mass is 127. The summed E-state index contributed by atoms with van der Waals surface area (Å²) in [5.41, 5.74) is 1.40. The van der Waals surface area contributed by atoms with E-state index in [1.165, 1.54) is 0 Å². The molecular formula is C20H28FIN4O2. The van der Waals surface area contributed by atoms with Gasteiger partial charge in [0.25, 0.3) is 0 Å². The number of halogens is 2. The fourth-order valence-electron chi connectivity index (χ4n) is 3.11. The highest BCUT2D eigenvalue weighted by Crippen LogP contribution is 2.24. The van der Waals surface area contributed by atoms with E-state index in [1.807, 2.05) is 30.0 Å². The first-order chi connectivity index (χ1) is 13.2. The van der Waals surface area contributed by atoms with E-state index in [2.05, 4.69) is 15.6 Å². The van der Waals surface area contributed by atoms with Gasteiger partial charge in [0.15, 0.2) is 5.96 Å². The number of nitrogens with one attached hydrogen (secondary N) is 2. The molecule has 0 spiro atoms. The van der Waals surface area contributed by atoms with Crippen molar-refractivity contribution in [2.45, 2.75) is 39.0 Å². The van der Waals surface area contributed by atoms with Crippen LogP contribution in [0.3, 0.4) is 0 Å². The molecule has 3 rings (SSSR count). The number of aliphatic hydroxyl groups is 1. The van der Waals surface area contributed by atoms with E-state index in [1.54, 1.807) is 18.4 Å². The maximum Gasteiger partial charge on any atom is 0.191 e. The Kier molecular flexibility index (Phi) is 9.04. The number of hydrogen-bond acceptors (Lipinski definition) is 4. The number of hydrogen-bond donors (Lipinski definition) is 3. The number of benzene rings is 1. The zero-order valence-electron chi connectivity index (χ0n) is 16.0. The van der Waals surface area contributed by atoms with Crippen LogP contribution in [0.15, 0.2) is 46.0 Å². The largest absolute Gasteiger partial charge is 0.467 e. The van der Waals surface area contributed by atoms with Crippen LogP contribution in [0.2, 0.25) is 0 Å². The van der Waals surface area contributed by atoms with Gasteiger partial charge in [-0.05, 0) is 49.6 Å². The number of piperidine rings is 1. The van der Waals surface area contributed by atoms with Crippen LogP contribution in [-0.4, -0.2) is 36.8 Å². The minimum Gasteiger partial charge on any atom is -0.467 e. The smallest absolute Gasteiger partial charge is 0.191 e. The third kappa shape index (κ3) is 6.37. The van der Waals surface area contributed by atoms with Crippen molar-refractivity contribution in [3.63, 3.8) is 0 Å². The van der Waals surface area contributed by atoms with E-state index in [9.17, 15) is 9.50 Å². The molecule has 1 aromatic carbocycles. The first kappa shape index (κ1) is 22.5. The van der Waals surface area contributed by atoms with Gasteiger partial charge < -0.3 is 25.1 Å². The molecule has 0 bridgehead atoms. The van der Waals surface area contributed by atoms with E-state index in [-0.39, 0.29) is 35.9 Å². The summed E-state index contributed by atoms with van der Waals surface area (Å²) in [4.78, 5) is 6.51. The molecule has 0 unspecified atom stereocenters. The van der Waals surface area contributed by atoms with Crippen molar-refractivity contribution >= 4 is 35.6 Å². The van der Waals surface area contributed by atoms with Crippen LogP contribution in [0.1, 0.15) is 31.1 Å². The Bertz CT molecular complexity index is 747. The van der Waals surface area contributed by atoms with Gasteiger partial charge in [0, 0.05) is 19.6 Å². The second-order valence-corrected chi connectivity index (χ2v) is 6.63. The Hall–Kier alpha value is -1.81. The minimum atomic E-state index is -0.268. The van der Waals surface area contributed by atoms with Gasteiger partial charge in [-0.2, -0.15) is 0 Å². The number of rotatable bonds is 6. The molecule has 28 heavy (non-hydrogen) atoms. The highest BCUT2D eigenvalue weighted by molar-refractivity contribution is 14.0. The van der Waals surface area contributed by atoms with Crippen molar-refractivity contribution in [1.82, 2.24) is 10.6 Å². The lowest BCUT2D eigenvalue weighted by Gasteiger charge is -2.31. The number of aliphatic imine (C=N–C) groups is 1. The summed E-state index contributed by atoms with van der Waals surface area (Å²) < 4.78 is 19.8. The molecule has 1 aliphatic rings. The fraction of sp³-hybridized carbons (Fsp3) is 0.450. The molecule has 1 aliphatic heterocycles. The normalized spacial score (nSPS) is 15.2. The lowest BCUT2D eigenvalue weighted by molar-refractivity contribution is 0.145. The Balaban J connectivity index is 0.00000280. The molecule has 0 aliphatic carbocycles. The Morgan fingerprint density at radius 2 is 2.07 bits per heavy atom. The molecule has 6 nitrogen and oxygen atoms in total. The number of anilines is 1. The predicted octanol–water partition coefficient (Wildman–Crippen LogP) is 3.25. The summed E-state index contributed by atoms with van der Waals surface area (Å²) in [6, 6.07) is 8.99. The van der Waals surface area contributed by atoms with Gasteiger partial charge in [0.2, 0.25) is 0 Å². The van der Waals surface area contributed by atoms with Gasteiger partial charge in [-0.25, -0.2) is 9.38 Å². The maximum absolute atomic E-state index is 14.5. The first-order valence-corrected chi connectivity index (χ1v) is 9.41. The van der Waals surface area contributed by atoms with Gasteiger partial charge in [0.05, 0.1) is 31.1 Å². The fourth-order valence-corrected chi connectivity index (χ4v) is 3.11. The van der Waals surface area contributed by atoms with E-state index in [4.69, 9.17) is 4.42 Å². The Morgan fingerprint density at radius 1 is 1.29 bits per heavy atom. The van der Waals surface area contributed by atoms with E-state index in [0.717, 1.165) is 17.9 Å². The molecule has 8 heteroatoms. The van der Waals surface area contributed by atoms with E-state index >= 15 is 0 Å². The highest BCUT2D eigenvalue weighted by Gasteiger charge is 2.19. The van der Waals surface area contributed by atoms with Crippen molar-refractivity contribution < 1.29 is 13.9 Å². The molecule has 0 amide bonds. The average Bonchev–Trinajstić information content (AvgIpc) is 3.19. The topological polar surface area (TPSA) is 73.0 Å². The molecule has 0 atom stereocenters. The molecule has 1 saturated heterocycles. The van der Waals surface area contributed by atoms with E-state index in [0.29, 0.717) is 50.7 Å². The van der Waals surface area contributed by atoms with Crippen LogP contribution in [0, 0.1) is 5.82 Å². The standard InChI is InChI=1S/C20H27FN4O2.HI/c1-2-22-20(24-14-17-4-3-11-27-17)23-13-15-5-6-19(18(21)12-15)25-9-7-16(26)8-10-25;/h3-6,11-12,16,26H,2,7-10,13-14H2,1H3,(H2,22,23,24);1H. The number of guanidine groups is 1. The van der Waals surface area contributed by atoms with Crippen molar-refractivity contribution in [3.8, 4) is 0 Å². The average molecular weight is 502 g/mol. The maximum atomic E-state index is 14.5. The Labute approximate surface area is 182 Å². The summed E-state index contributed by atoms with van der Waals surface area (Å²) in [6.45, 7) is 5.00. The zero-order valence-corrected chi connectivity index (χ0v) is 18.4.